The van der Waals surface area contributed by atoms with Gasteiger partial charge in [0.25, 0.3) is 11.8 Å². The fourth-order valence-corrected chi connectivity index (χ4v) is 2.07. The van der Waals surface area contributed by atoms with Crippen molar-refractivity contribution in [1.82, 2.24) is 9.80 Å². The average Bonchev–Trinajstić information content (AvgIpc) is 2.35. The molecule has 0 aliphatic rings. The van der Waals surface area contributed by atoms with Gasteiger partial charge in [0.15, 0.2) is 0 Å². The Hall–Kier alpha value is -1.56. The van der Waals surface area contributed by atoms with Crippen molar-refractivity contribution in [2.45, 2.75) is 0 Å². The molecule has 0 aliphatic heterocycles. The minimum atomic E-state index is -0.217. The molecule has 0 N–H and O–H groups in total. The first-order chi connectivity index (χ1) is 8.79. The molecular weight excluding hydrogens is 312 g/mol. The number of benzene rings is 1. The van der Waals surface area contributed by atoms with Crippen molar-refractivity contribution in [1.29, 1.82) is 0 Å². The third-order valence-corrected chi connectivity index (χ3v) is 2.99. The molecule has 19 heavy (non-hydrogen) atoms. The van der Waals surface area contributed by atoms with Gasteiger partial charge in [-0.05, 0) is 12.1 Å². The zero-order valence-corrected chi connectivity index (χ0v) is 13.2. The summed E-state index contributed by atoms with van der Waals surface area (Å²) in [5.74, 6) is -0.141. The first-order valence-electron chi connectivity index (χ1n) is 5.60. The number of nitrogens with zero attached hydrogens (tertiary/aromatic N) is 2. The molecule has 1 rings (SSSR count). The fourth-order valence-electron chi connectivity index (χ4n) is 1.61. The Bertz CT molecular complexity index is 472. The van der Waals surface area contributed by atoms with Gasteiger partial charge in [-0.2, -0.15) is 0 Å². The van der Waals surface area contributed by atoms with Gasteiger partial charge < -0.3 is 14.5 Å². The maximum absolute atomic E-state index is 12.1. The van der Waals surface area contributed by atoms with E-state index in [4.69, 9.17) is 4.74 Å². The van der Waals surface area contributed by atoms with Crippen LogP contribution in [-0.2, 0) is 0 Å². The Morgan fingerprint density at radius 3 is 1.63 bits per heavy atom. The minimum absolute atomic E-state index is 0.217. The van der Waals surface area contributed by atoms with Crippen LogP contribution in [0.3, 0.4) is 0 Å². The van der Waals surface area contributed by atoms with E-state index in [1.165, 1.54) is 16.9 Å². The molecule has 2 amide bonds. The number of ether oxygens (including phenoxy) is 1. The largest absolute Gasteiger partial charge is 0.495 e. The number of hydrogen-bond acceptors (Lipinski definition) is 3. The van der Waals surface area contributed by atoms with Crippen molar-refractivity contribution in [2.75, 3.05) is 35.3 Å². The molecule has 0 fully saturated rings. The summed E-state index contributed by atoms with van der Waals surface area (Å²) in [7, 11) is 8.04. The Morgan fingerprint density at radius 2 is 1.37 bits per heavy atom. The van der Waals surface area contributed by atoms with E-state index in [-0.39, 0.29) is 11.8 Å². The molecule has 0 bridgehead atoms. The van der Waals surface area contributed by atoms with E-state index >= 15 is 0 Å². The Kier molecular flexibility index (Phi) is 4.94. The van der Waals surface area contributed by atoms with Crippen LogP contribution in [0, 0.1) is 0 Å². The molecule has 0 saturated carbocycles. The molecule has 0 radical (unpaired) electrons. The molecule has 0 atom stereocenters. The molecule has 0 saturated heterocycles. The van der Waals surface area contributed by atoms with Crippen LogP contribution in [0.5, 0.6) is 5.75 Å². The van der Waals surface area contributed by atoms with E-state index in [2.05, 4.69) is 15.9 Å². The molecule has 5 nitrogen and oxygen atoms in total. The number of amides is 2. The quantitative estimate of drug-likeness (QED) is 0.851. The lowest BCUT2D eigenvalue weighted by atomic mass is 10.1. The van der Waals surface area contributed by atoms with E-state index in [9.17, 15) is 9.59 Å². The Labute approximate surface area is 121 Å². The van der Waals surface area contributed by atoms with E-state index in [0.717, 1.165) is 0 Å². The van der Waals surface area contributed by atoms with Gasteiger partial charge >= 0.3 is 0 Å². The monoisotopic (exact) mass is 328 g/mol. The average molecular weight is 329 g/mol. The maximum atomic E-state index is 12.1. The third-order valence-electron chi connectivity index (χ3n) is 2.53. The molecule has 6 heteroatoms. The zero-order valence-electron chi connectivity index (χ0n) is 11.7. The summed E-state index contributed by atoms with van der Waals surface area (Å²) in [6, 6.07) is 3.29. The molecule has 104 valence electrons. The van der Waals surface area contributed by atoms with Crippen molar-refractivity contribution >= 4 is 27.7 Å². The van der Waals surface area contributed by atoms with Gasteiger partial charge in [-0.15, -0.1) is 0 Å². The predicted octanol–water partition coefficient (Wildman–Crippen LogP) is 1.86. The lowest BCUT2D eigenvalue weighted by Crippen LogP contribution is -2.25. The Balaban J connectivity index is 3.49. The van der Waals surface area contributed by atoms with Crippen LogP contribution in [0.4, 0.5) is 0 Å². The summed E-state index contributed by atoms with van der Waals surface area (Å²) >= 11 is 3.31. The second kappa shape index (κ2) is 6.06. The standard InChI is InChI=1S/C13H17BrN2O3/c1-15(2)12(17)9-6-8(14)7-10(11(9)19-5)13(18)16(3)4/h6-7H,1-5H3. The fraction of sp³-hybridized carbons (Fsp3) is 0.385. The molecule has 0 aliphatic carbocycles. The van der Waals surface area contributed by atoms with Crippen LogP contribution in [0.25, 0.3) is 0 Å². The number of halogens is 1. The topological polar surface area (TPSA) is 49.9 Å². The van der Waals surface area contributed by atoms with Crippen LogP contribution in [0.15, 0.2) is 16.6 Å². The zero-order chi connectivity index (χ0) is 14.7. The molecule has 0 unspecified atom stereocenters. The predicted molar refractivity (Wildman–Crippen MR) is 76.7 cm³/mol. The van der Waals surface area contributed by atoms with Crippen LogP contribution >= 0.6 is 15.9 Å². The van der Waals surface area contributed by atoms with Crippen molar-refractivity contribution in [2.24, 2.45) is 0 Å². The van der Waals surface area contributed by atoms with E-state index in [1.54, 1.807) is 40.3 Å². The number of methoxy groups -OCH3 is 1. The van der Waals surface area contributed by atoms with Gasteiger partial charge in [0, 0.05) is 32.7 Å². The number of carbonyl (C=O) groups is 2. The van der Waals surface area contributed by atoms with Crippen LogP contribution in [0.1, 0.15) is 20.7 Å². The maximum Gasteiger partial charge on any atom is 0.257 e. The highest BCUT2D eigenvalue weighted by atomic mass is 79.9. The molecule has 0 aromatic heterocycles. The van der Waals surface area contributed by atoms with Crippen LogP contribution in [-0.4, -0.2) is 56.9 Å². The van der Waals surface area contributed by atoms with Crippen molar-refractivity contribution in [3.8, 4) is 5.75 Å². The second-order valence-corrected chi connectivity index (χ2v) is 5.35. The number of rotatable bonds is 3. The van der Waals surface area contributed by atoms with Gasteiger partial charge in [-0.1, -0.05) is 15.9 Å². The summed E-state index contributed by atoms with van der Waals surface area (Å²) in [6.45, 7) is 0. The highest BCUT2D eigenvalue weighted by Crippen LogP contribution is 2.30. The van der Waals surface area contributed by atoms with Gasteiger partial charge in [0.05, 0.1) is 18.2 Å². The van der Waals surface area contributed by atoms with Crippen molar-refractivity contribution in [3.05, 3.63) is 27.7 Å². The Morgan fingerprint density at radius 1 is 1.00 bits per heavy atom. The lowest BCUT2D eigenvalue weighted by Gasteiger charge is -2.18. The third kappa shape index (κ3) is 3.26. The summed E-state index contributed by atoms with van der Waals surface area (Å²) < 4.78 is 5.91. The first kappa shape index (κ1) is 15.5. The smallest absolute Gasteiger partial charge is 0.257 e. The summed E-state index contributed by atoms with van der Waals surface area (Å²) in [6.07, 6.45) is 0. The summed E-state index contributed by atoms with van der Waals surface area (Å²) in [5.41, 5.74) is 0.708. The molecule has 1 aromatic carbocycles. The number of hydrogen-bond donors (Lipinski definition) is 0. The van der Waals surface area contributed by atoms with E-state index in [1.807, 2.05) is 0 Å². The minimum Gasteiger partial charge on any atom is -0.495 e. The lowest BCUT2D eigenvalue weighted by molar-refractivity contribution is 0.0819. The molecule has 0 heterocycles. The SMILES string of the molecule is COc1c(C(=O)N(C)C)cc(Br)cc1C(=O)N(C)C. The van der Waals surface area contributed by atoms with Crippen LogP contribution < -0.4 is 4.74 Å². The van der Waals surface area contributed by atoms with Gasteiger partial charge in [-0.25, -0.2) is 0 Å². The van der Waals surface area contributed by atoms with Gasteiger partial charge in [-0.3, -0.25) is 9.59 Å². The van der Waals surface area contributed by atoms with E-state index < -0.39 is 0 Å². The molecule has 1 aromatic rings. The first-order valence-corrected chi connectivity index (χ1v) is 6.39. The van der Waals surface area contributed by atoms with Crippen molar-refractivity contribution in [3.63, 3.8) is 0 Å². The summed E-state index contributed by atoms with van der Waals surface area (Å²) in [5, 5.41) is 0. The van der Waals surface area contributed by atoms with E-state index in [0.29, 0.717) is 21.3 Å². The summed E-state index contributed by atoms with van der Waals surface area (Å²) in [4.78, 5) is 27.1. The highest BCUT2D eigenvalue weighted by molar-refractivity contribution is 9.10. The normalized spacial score (nSPS) is 10.0. The molecule has 0 spiro atoms. The van der Waals surface area contributed by atoms with Gasteiger partial charge in [0.1, 0.15) is 5.75 Å². The molecular formula is C13H17BrN2O3. The number of carbonyl (C=O) groups excluding carboxylic acids is 2. The second-order valence-electron chi connectivity index (χ2n) is 4.43. The highest BCUT2D eigenvalue weighted by Gasteiger charge is 2.23. The van der Waals surface area contributed by atoms with Crippen molar-refractivity contribution < 1.29 is 14.3 Å². The van der Waals surface area contributed by atoms with Crippen LogP contribution in [0.2, 0.25) is 0 Å². The van der Waals surface area contributed by atoms with Gasteiger partial charge in [0.2, 0.25) is 0 Å².